The molecule has 0 aliphatic rings. The fourth-order valence-corrected chi connectivity index (χ4v) is 12.6. The van der Waals surface area contributed by atoms with Crippen LogP contribution in [0.2, 0.25) is 0 Å². The maximum absolute atomic E-state index is 13.1. The van der Waals surface area contributed by atoms with Gasteiger partial charge in [-0.2, -0.15) is 0 Å². The van der Waals surface area contributed by atoms with Crippen LogP contribution in [0.1, 0.15) is 363 Å². The second kappa shape index (κ2) is 69.7. The van der Waals surface area contributed by atoms with Crippen LogP contribution in [0.3, 0.4) is 0 Å². The lowest BCUT2D eigenvalue weighted by Gasteiger charge is -2.21. The molecule has 0 radical (unpaired) electrons. The number of carbonyl (C=O) groups excluding carboxylic acids is 4. The summed E-state index contributed by atoms with van der Waals surface area (Å²) in [6.45, 7) is 9.49. The Morgan fingerprint density at radius 1 is 0.327 bits per heavy atom. The van der Waals surface area contributed by atoms with Crippen molar-refractivity contribution in [3.05, 3.63) is 48.6 Å². The summed E-state index contributed by atoms with van der Waals surface area (Å²) in [5.41, 5.74) is 0. The highest BCUT2D eigenvalue weighted by atomic mass is 31.2. The average Bonchev–Trinajstić information content (AvgIpc) is 1.10. The maximum atomic E-state index is 13.1. The summed E-state index contributed by atoms with van der Waals surface area (Å²) in [6, 6.07) is 0. The molecule has 574 valence electrons. The smallest absolute Gasteiger partial charge is 0.462 e. The lowest BCUT2D eigenvalue weighted by molar-refractivity contribution is -0.161. The van der Waals surface area contributed by atoms with Crippen LogP contribution in [0, 0.1) is 11.8 Å². The summed E-state index contributed by atoms with van der Waals surface area (Å²) < 4.78 is 68.5. The van der Waals surface area contributed by atoms with Crippen LogP contribution in [0.15, 0.2) is 48.6 Å². The molecule has 0 aromatic heterocycles. The first-order valence-corrected chi connectivity index (χ1v) is 42.7. The van der Waals surface area contributed by atoms with Crippen LogP contribution in [-0.4, -0.2) is 96.7 Å². The fraction of sp³-hybridized carbons (Fsp3) is 0.848. The number of allylic oxidation sites excluding steroid dienone is 8. The number of aliphatic hydroxyl groups excluding tert-OH is 1. The molecule has 98 heavy (non-hydrogen) atoms. The summed E-state index contributed by atoms with van der Waals surface area (Å²) in [7, 11) is -9.94. The molecule has 19 heteroatoms. The van der Waals surface area contributed by atoms with Crippen molar-refractivity contribution in [2.24, 2.45) is 11.8 Å². The van der Waals surface area contributed by atoms with E-state index < -0.39 is 97.5 Å². The summed E-state index contributed by atoms with van der Waals surface area (Å²) in [5, 5.41) is 10.6. The minimum absolute atomic E-state index is 0.0780. The first kappa shape index (κ1) is 95.0. The minimum atomic E-state index is -4.97. The van der Waals surface area contributed by atoms with Crippen molar-refractivity contribution in [2.75, 3.05) is 39.6 Å². The molecule has 0 saturated carbocycles. The predicted octanol–water partition coefficient (Wildman–Crippen LogP) is 22.6. The zero-order valence-electron chi connectivity index (χ0n) is 63.1. The number of ether oxygens (including phenoxy) is 4. The number of aliphatic hydroxyl groups is 1. The zero-order chi connectivity index (χ0) is 72.1. The number of carbonyl (C=O) groups is 4. The fourth-order valence-electron chi connectivity index (χ4n) is 11.0. The Balaban J connectivity index is 5.31. The molecule has 0 fully saturated rings. The van der Waals surface area contributed by atoms with Gasteiger partial charge in [-0.3, -0.25) is 37.3 Å². The molecule has 0 aliphatic heterocycles. The molecular weight excluding hydrogens is 1280 g/mol. The molecule has 0 heterocycles. The van der Waals surface area contributed by atoms with Crippen molar-refractivity contribution in [1.82, 2.24) is 0 Å². The van der Waals surface area contributed by atoms with Gasteiger partial charge in [-0.05, 0) is 88.9 Å². The summed E-state index contributed by atoms with van der Waals surface area (Å²) >= 11 is 0. The summed E-state index contributed by atoms with van der Waals surface area (Å²) in [6.07, 6.45) is 64.0. The number of phosphoric ester groups is 2. The van der Waals surface area contributed by atoms with Crippen LogP contribution in [-0.2, 0) is 65.4 Å². The third kappa shape index (κ3) is 68.8. The number of hydrogen-bond acceptors (Lipinski definition) is 15. The van der Waals surface area contributed by atoms with Gasteiger partial charge in [-0.15, -0.1) is 0 Å². The third-order valence-electron chi connectivity index (χ3n) is 17.9. The first-order chi connectivity index (χ1) is 47.4. The van der Waals surface area contributed by atoms with Crippen molar-refractivity contribution in [2.45, 2.75) is 381 Å². The van der Waals surface area contributed by atoms with Gasteiger partial charge in [0.05, 0.1) is 26.4 Å². The van der Waals surface area contributed by atoms with E-state index in [2.05, 4.69) is 90.2 Å². The molecule has 0 amide bonds. The molecule has 7 atom stereocenters. The van der Waals surface area contributed by atoms with E-state index in [1.807, 2.05) is 0 Å². The van der Waals surface area contributed by atoms with Gasteiger partial charge >= 0.3 is 39.5 Å². The molecule has 0 rings (SSSR count). The molecule has 0 spiro atoms. The third-order valence-corrected chi connectivity index (χ3v) is 19.8. The van der Waals surface area contributed by atoms with E-state index in [0.29, 0.717) is 25.7 Å². The number of esters is 4. The van der Waals surface area contributed by atoms with Gasteiger partial charge in [0, 0.05) is 25.7 Å². The van der Waals surface area contributed by atoms with Gasteiger partial charge in [-0.1, -0.05) is 308 Å². The average molecular weight is 1430 g/mol. The topological polar surface area (TPSA) is 237 Å². The van der Waals surface area contributed by atoms with Gasteiger partial charge < -0.3 is 33.8 Å². The zero-order valence-corrected chi connectivity index (χ0v) is 64.8. The largest absolute Gasteiger partial charge is 0.472 e. The van der Waals surface area contributed by atoms with Crippen LogP contribution >= 0.6 is 15.6 Å². The predicted molar refractivity (Wildman–Crippen MR) is 400 cm³/mol. The number of hydrogen-bond donors (Lipinski definition) is 3. The summed E-state index contributed by atoms with van der Waals surface area (Å²) in [4.78, 5) is 72.9. The van der Waals surface area contributed by atoms with E-state index in [-0.39, 0.29) is 25.7 Å². The van der Waals surface area contributed by atoms with Crippen molar-refractivity contribution in [1.29, 1.82) is 0 Å². The van der Waals surface area contributed by atoms with Crippen molar-refractivity contribution < 1.29 is 80.2 Å². The van der Waals surface area contributed by atoms with Crippen molar-refractivity contribution >= 4 is 39.5 Å². The van der Waals surface area contributed by atoms with E-state index >= 15 is 0 Å². The van der Waals surface area contributed by atoms with Gasteiger partial charge in [-0.25, -0.2) is 9.13 Å². The normalized spacial score (nSPS) is 14.8. The van der Waals surface area contributed by atoms with Gasteiger partial charge in [0.25, 0.3) is 0 Å². The molecule has 0 aliphatic carbocycles. The maximum Gasteiger partial charge on any atom is 0.472 e. The van der Waals surface area contributed by atoms with E-state index in [1.54, 1.807) is 0 Å². The van der Waals surface area contributed by atoms with Crippen LogP contribution in [0.4, 0.5) is 0 Å². The van der Waals surface area contributed by atoms with E-state index in [0.717, 1.165) is 140 Å². The number of rotatable bonds is 74. The van der Waals surface area contributed by atoms with E-state index in [1.165, 1.54) is 141 Å². The van der Waals surface area contributed by atoms with Gasteiger partial charge in [0.2, 0.25) is 0 Å². The molecule has 17 nitrogen and oxygen atoms in total. The molecule has 3 N–H and O–H groups in total. The standard InChI is InChI=1S/C79H146O17P2/c1-7-11-13-15-17-19-21-23-25-30-34-38-42-49-55-61-76(81)89-67-74(95-78(83)63-57-51-43-39-35-31-26-24-22-20-18-16-14-12-8-2)69-93-97(85,86)91-65-73(80)66-92-98(87,88)94-70-75(68-90-77(82)62-56-50-46-45-48-54-60-72(6)10-4)96-79(84)64-58-52-44-40-36-32-28-27-29-33-37-41-47-53-59-71(5)9-3/h19-26,71-75,80H,7-18,27-70H2,1-6H3,(H,85,86)(H,87,88)/b21-19-,22-20-,25-23-,26-24-/t71?,72?,73-,74-,75-/m1/s1. The van der Waals surface area contributed by atoms with Gasteiger partial charge in [0.15, 0.2) is 12.2 Å². The quantitative estimate of drug-likeness (QED) is 0.0169. The van der Waals surface area contributed by atoms with E-state index in [4.69, 9.17) is 37.0 Å². The molecule has 0 saturated heterocycles. The Morgan fingerprint density at radius 2 is 0.571 bits per heavy atom. The number of unbranched alkanes of at least 4 members (excludes halogenated alkanes) is 36. The molecular formula is C79H146O17P2. The van der Waals surface area contributed by atoms with Crippen LogP contribution < -0.4 is 0 Å². The molecule has 0 aromatic carbocycles. The number of phosphoric acid groups is 2. The highest BCUT2D eigenvalue weighted by Gasteiger charge is 2.30. The monoisotopic (exact) mass is 1430 g/mol. The highest BCUT2D eigenvalue weighted by molar-refractivity contribution is 7.47. The Labute approximate surface area is 597 Å². The minimum Gasteiger partial charge on any atom is -0.462 e. The Morgan fingerprint density at radius 3 is 0.857 bits per heavy atom. The molecule has 0 bridgehead atoms. The Hall–Kier alpha value is -2.98. The van der Waals surface area contributed by atoms with Gasteiger partial charge in [0.1, 0.15) is 19.3 Å². The Bertz CT molecular complexity index is 2080. The Kier molecular flexibility index (Phi) is 67.6. The van der Waals surface area contributed by atoms with Crippen LogP contribution in [0.25, 0.3) is 0 Å². The van der Waals surface area contributed by atoms with Crippen LogP contribution in [0.5, 0.6) is 0 Å². The van der Waals surface area contributed by atoms with Crippen molar-refractivity contribution in [3.63, 3.8) is 0 Å². The van der Waals surface area contributed by atoms with Crippen molar-refractivity contribution in [3.8, 4) is 0 Å². The molecule has 0 aromatic rings. The SMILES string of the molecule is CCCCCC/C=C\C=C/CCCCCCCC(=O)OC[C@H](COP(=O)(O)OC[C@@H](O)COP(=O)(O)OC[C@@H](COC(=O)CCCCCCCCC(C)CC)OC(=O)CCCCCCCCCCCCCCCCC(C)CC)OC(=O)CCCCCCC/C=C\C=C/CCCCCC. The van der Waals surface area contributed by atoms with E-state index in [9.17, 15) is 43.2 Å². The lowest BCUT2D eigenvalue weighted by atomic mass is 9.99. The summed E-state index contributed by atoms with van der Waals surface area (Å²) in [5.74, 6) is -0.604. The highest BCUT2D eigenvalue weighted by Crippen LogP contribution is 2.45. The second-order valence-electron chi connectivity index (χ2n) is 27.6. The first-order valence-electron chi connectivity index (χ1n) is 39.7. The lowest BCUT2D eigenvalue weighted by Crippen LogP contribution is -2.30. The second-order valence-corrected chi connectivity index (χ2v) is 30.5. The molecule has 4 unspecified atom stereocenters.